The number of nitrogens with zero attached hydrogens (tertiary/aromatic N) is 2. The zero-order valence-electron chi connectivity index (χ0n) is 7.66. The Morgan fingerprint density at radius 2 is 2.00 bits per heavy atom. The molecule has 0 aliphatic rings. The van der Waals surface area contributed by atoms with Gasteiger partial charge in [-0.3, -0.25) is 0 Å². The molecule has 78 valence electrons. The molecule has 6 heteroatoms. The van der Waals surface area contributed by atoms with Crippen LogP contribution >= 0.6 is 11.3 Å². The number of rotatable bonds is 3. The van der Waals surface area contributed by atoms with Gasteiger partial charge in [-0.05, 0) is 0 Å². The molecular formula is C9H8N2O2S2. The molecule has 0 radical (unpaired) electrons. The Labute approximate surface area is 93.3 Å². The summed E-state index contributed by atoms with van der Waals surface area (Å²) >= 11 is -0.513. The highest BCUT2D eigenvalue weighted by Gasteiger charge is 2.07. The second-order valence-electron chi connectivity index (χ2n) is 2.83. The van der Waals surface area contributed by atoms with Gasteiger partial charge < -0.3 is 4.55 Å². The number of aromatic nitrogens is 2. The second-order valence-corrected chi connectivity index (χ2v) is 4.83. The van der Waals surface area contributed by atoms with E-state index in [4.69, 9.17) is 4.55 Å². The Morgan fingerprint density at radius 1 is 1.27 bits per heavy atom. The molecule has 1 N–H and O–H groups in total. The Morgan fingerprint density at radius 3 is 2.67 bits per heavy atom. The summed E-state index contributed by atoms with van der Waals surface area (Å²) in [5.41, 5.74) is 0.977. The topological polar surface area (TPSA) is 63.1 Å². The number of hydrogen-bond acceptors (Lipinski definition) is 4. The van der Waals surface area contributed by atoms with E-state index in [0.717, 1.165) is 10.6 Å². The molecule has 4 nitrogen and oxygen atoms in total. The van der Waals surface area contributed by atoms with Crippen LogP contribution in [0.3, 0.4) is 0 Å². The van der Waals surface area contributed by atoms with Crippen LogP contribution in [0.25, 0.3) is 10.6 Å². The van der Waals surface area contributed by atoms with Crippen molar-refractivity contribution in [2.75, 3.05) is 0 Å². The van der Waals surface area contributed by atoms with Crippen molar-refractivity contribution in [3.63, 3.8) is 0 Å². The van der Waals surface area contributed by atoms with Crippen LogP contribution in [0.5, 0.6) is 0 Å². The van der Waals surface area contributed by atoms with Crippen molar-refractivity contribution in [3.05, 3.63) is 35.3 Å². The summed E-state index contributed by atoms with van der Waals surface area (Å²) in [7, 11) is 0. The SMILES string of the molecule is O=S(O)Cc1nnc(-c2ccccc2)s1. The van der Waals surface area contributed by atoms with Crippen molar-refractivity contribution < 1.29 is 8.76 Å². The van der Waals surface area contributed by atoms with Gasteiger partial charge in [-0.1, -0.05) is 41.7 Å². The number of benzene rings is 1. The monoisotopic (exact) mass is 240 g/mol. The van der Waals surface area contributed by atoms with E-state index in [1.165, 1.54) is 11.3 Å². The van der Waals surface area contributed by atoms with E-state index in [1.54, 1.807) is 0 Å². The van der Waals surface area contributed by atoms with Gasteiger partial charge in [-0.2, -0.15) is 0 Å². The van der Waals surface area contributed by atoms with Gasteiger partial charge in [0.25, 0.3) is 0 Å². The van der Waals surface area contributed by atoms with Gasteiger partial charge in [0.15, 0.2) is 11.1 Å². The van der Waals surface area contributed by atoms with Gasteiger partial charge in [-0.15, -0.1) is 10.2 Å². The maximum Gasteiger partial charge on any atom is 0.159 e. The Hall–Kier alpha value is -1.11. The highest BCUT2D eigenvalue weighted by atomic mass is 32.2. The lowest BCUT2D eigenvalue weighted by Crippen LogP contribution is -1.91. The summed E-state index contributed by atoms with van der Waals surface area (Å²) in [4.78, 5) is 0. The Kier molecular flexibility index (Phi) is 3.20. The zero-order valence-corrected chi connectivity index (χ0v) is 9.29. The minimum Gasteiger partial charge on any atom is -0.306 e. The Bertz CT molecular complexity index is 470. The molecule has 0 aliphatic carbocycles. The maximum absolute atomic E-state index is 10.6. The van der Waals surface area contributed by atoms with E-state index < -0.39 is 11.1 Å². The molecule has 0 amide bonds. The first kappa shape index (κ1) is 10.4. The van der Waals surface area contributed by atoms with Gasteiger partial charge >= 0.3 is 0 Å². The normalized spacial score (nSPS) is 12.6. The van der Waals surface area contributed by atoms with Crippen LogP contribution in [0.4, 0.5) is 0 Å². The van der Waals surface area contributed by atoms with E-state index in [-0.39, 0.29) is 5.75 Å². The van der Waals surface area contributed by atoms with Gasteiger partial charge in [0, 0.05) is 5.56 Å². The molecule has 2 rings (SSSR count). The molecule has 0 spiro atoms. The van der Waals surface area contributed by atoms with Gasteiger partial charge in [0.2, 0.25) is 0 Å². The first-order chi connectivity index (χ1) is 7.25. The van der Waals surface area contributed by atoms with Crippen LogP contribution in [-0.4, -0.2) is 19.0 Å². The molecule has 0 saturated carbocycles. The first-order valence-electron chi connectivity index (χ1n) is 4.21. The third kappa shape index (κ3) is 2.68. The fourth-order valence-electron chi connectivity index (χ4n) is 1.11. The standard InChI is InChI=1S/C9H8N2O2S2/c12-15(13)6-8-10-11-9(14-8)7-4-2-1-3-5-7/h1-5H,6H2,(H,12,13). The zero-order chi connectivity index (χ0) is 10.7. The van der Waals surface area contributed by atoms with Crippen molar-refractivity contribution in [1.29, 1.82) is 0 Å². The van der Waals surface area contributed by atoms with E-state index in [1.807, 2.05) is 30.3 Å². The summed E-state index contributed by atoms with van der Waals surface area (Å²) in [6, 6.07) is 9.62. The number of hydrogen-bond donors (Lipinski definition) is 1. The first-order valence-corrected chi connectivity index (χ1v) is 6.30. The summed E-state index contributed by atoms with van der Waals surface area (Å²) in [6.07, 6.45) is 0. The highest BCUT2D eigenvalue weighted by molar-refractivity contribution is 7.78. The van der Waals surface area contributed by atoms with Crippen molar-refractivity contribution in [2.24, 2.45) is 0 Å². The molecule has 15 heavy (non-hydrogen) atoms. The van der Waals surface area contributed by atoms with E-state index in [2.05, 4.69) is 10.2 Å². The van der Waals surface area contributed by atoms with Crippen LogP contribution in [0.1, 0.15) is 5.01 Å². The van der Waals surface area contributed by atoms with Crippen molar-refractivity contribution >= 4 is 22.4 Å². The maximum atomic E-state index is 10.6. The van der Waals surface area contributed by atoms with Crippen molar-refractivity contribution in [3.8, 4) is 10.6 Å². The summed E-state index contributed by atoms with van der Waals surface area (Å²) in [5.74, 6) is 0.0461. The lowest BCUT2D eigenvalue weighted by Gasteiger charge is -1.91. The molecule has 1 aromatic carbocycles. The molecule has 1 heterocycles. The fourth-order valence-corrected chi connectivity index (χ4v) is 2.56. The lowest BCUT2D eigenvalue weighted by atomic mass is 10.2. The molecule has 0 saturated heterocycles. The second kappa shape index (κ2) is 4.61. The van der Waals surface area contributed by atoms with Crippen LogP contribution in [-0.2, 0) is 16.8 Å². The molecule has 1 aromatic heterocycles. The molecule has 1 atom stereocenters. The summed E-state index contributed by atoms with van der Waals surface area (Å²) in [6.45, 7) is 0. The molecule has 0 aliphatic heterocycles. The third-order valence-corrected chi connectivity index (χ3v) is 3.41. The van der Waals surface area contributed by atoms with Gasteiger partial charge in [-0.25, -0.2) is 4.21 Å². The average molecular weight is 240 g/mol. The molecular weight excluding hydrogens is 232 g/mol. The van der Waals surface area contributed by atoms with E-state index >= 15 is 0 Å². The van der Waals surface area contributed by atoms with Crippen LogP contribution < -0.4 is 0 Å². The van der Waals surface area contributed by atoms with Crippen LogP contribution in [0.15, 0.2) is 30.3 Å². The molecule has 0 fully saturated rings. The minimum atomic E-state index is -1.85. The van der Waals surface area contributed by atoms with Crippen LogP contribution in [0, 0.1) is 0 Å². The smallest absolute Gasteiger partial charge is 0.159 e. The molecule has 1 unspecified atom stereocenters. The lowest BCUT2D eigenvalue weighted by molar-refractivity contribution is 0.563. The van der Waals surface area contributed by atoms with Crippen LogP contribution in [0.2, 0.25) is 0 Å². The quantitative estimate of drug-likeness (QED) is 0.833. The predicted octanol–water partition coefficient (Wildman–Crippen LogP) is 1.93. The Balaban J connectivity index is 2.24. The van der Waals surface area contributed by atoms with Crippen molar-refractivity contribution in [2.45, 2.75) is 5.75 Å². The largest absolute Gasteiger partial charge is 0.306 e. The van der Waals surface area contributed by atoms with Crippen molar-refractivity contribution in [1.82, 2.24) is 10.2 Å². The summed E-state index contributed by atoms with van der Waals surface area (Å²) < 4.78 is 19.3. The fraction of sp³-hybridized carbons (Fsp3) is 0.111. The van der Waals surface area contributed by atoms with Gasteiger partial charge in [0.05, 0.1) is 0 Å². The summed E-state index contributed by atoms with van der Waals surface area (Å²) in [5, 5.41) is 9.16. The minimum absolute atomic E-state index is 0.0461. The highest BCUT2D eigenvalue weighted by Crippen LogP contribution is 2.23. The predicted molar refractivity (Wildman–Crippen MR) is 59.8 cm³/mol. The molecule has 2 aromatic rings. The van der Waals surface area contributed by atoms with E-state index in [9.17, 15) is 4.21 Å². The molecule has 0 bridgehead atoms. The van der Waals surface area contributed by atoms with E-state index in [0.29, 0.717) is 5.01 Å². The average Bonchev–Trinajstić information content (AvgIpc) is 2.67. The van der Waals surface area contributed by atoms with Gasteiger partial charge in [0.1, 0.15) is 15.8 Å². The third-order valence-electron chi connectivity index (χ3n) is 1.73.